The van der Waals surface area contributed by atoms with Crippen molar-refractivity contribution in [2.45, 2.75) is 40.2 Å². The Morgan fingerprint density at radius 1 is 0.848 bits per heavy atom. The minimum atomic E-state index is -3.46. The van der Waals surface area contributed by atoms with E-state index in [9.17, 15) is 13.2 Å². The molecule has 0 unspecified atom stereocenters. The first-order valence-electron chi connectivity index (χ1n) is 11.2. The molecule has 0 N–H and O–H groups in total. The number of rotatable bonds is 9. The second kappa shape index (κ2) is 10.7. The summed E-state index contributed by atoms with van der Waals surface area (Å²) in [5.41, 5.74) is 5.11. The first-order chi connectivity index (χ1) is 15.7. The molecule has 0 atom stereocenters. The van der Waals surface area contributed by atoms with Gasteiger partial charge < -0.3 is 4.90 Å². The summed E-state index contributed by atoms with van der Waals surface area (Å²) in [7, 11) is -3.46. The number of anilines is 2. The van der Waals surface area contributed by atoms with Crippen LogP contribution in [0, 0.1) is 13.8 Å². The molecule has 0 saturated carbocycles. The number of carbonyl (C=O) groups is 1. The Balaban J connectivity index is 1.87. The summed E-state index contributed by atoms with van der Waals surface area (Å²) < 4.78 is 26.5. The molecule has 6 heteroatoms. The third kappa shape index (κ3) is 6.23. The lowest BCUT2D eigenvalue weighted by Gasteiger charge is -2.25. The minimum absolute atomic E-state index is 0.0373. The molecular weight excluding hydrogens is 432 g/mol. The van der Waals surface area contributed by atoms with Gasteiger partial charge in [-0.15, -0.1) is 0 Å². The summed E-state index contributed by atoms with van der Waals surface area (Å²) in [5.74, 6) is -0.0373. The number of hydrogen-bond acceptors (Lipinski definition) is 3. The SMILES string of the molecule is CCCCN(C(=O)c1ccccc1)c1ccc(CN(c2ccc(C)c(C)c2)S(C)(=O)=O)cc1. The van der Waals surface area contributed by atoms with Crippen LogP contribution in [0.4, 0.5) is 11.4 Å². The second-order valence-corrected chi connectivity index (χ2v) is 10.3. The number of hydrogen-bond donors (Lipinski definition) is 0. The van der Waals surface area contributed by atoms with Crippen LogP contribution in [0.3, 0.4) is 0 Å². The fourth-order valence-corrected chi connectivity index (χ4v) is 4.51. The summed E-state index contributed by atoms with van der Waals surface area (Å²) in [6, 6.07) is 22.5. The van der Waals surface area contributed by atoms with E-state index in [4.69, 9.17) is 0 Å². The molecule has 174 valence electrons. The van der Waals surface area contributed by atoms with Crippen molar-refractivity contribution >= 4 is 27.3 Å². The smallest absolute Gasteiger partial charge is 0.258 e. The van der Waals surface area contributed by atoms with Crippen molar-refractivity contribution in [2.24, 2.45) is 0 Å². The van der Waals surface area contributed by atoms with Crippen LogP contribution >= 0.6 is 0 Å². The summed E-state index contributed by atoms with van der Waals surface area (Å²) in [4.78, 5) is 14.9. The van der Waals surface area contributed by atoms with E-state index in [-0.39, 0.29) is 12.5 Å². The molecule has 3 aromatic carbocycles. The molecular formula is C27H32N2O3S. The molecule has 0 heterocycles. The Bertz CT molecular complexity index is 1190. The Kier molecular flexibility index (Phi) is 7.92. The van der Waals surface area contributed by atoms with Crippen LogP contribution in [0.15, 0.2) is 72.8 Å². The zero-order chi connectivity index (χ0) is 24.0. The fourth-order valence-electron chi connectivity index (χ4n) is 3.63. The van der Waals surface area contributed by atoms with Crippen molar-refractivity contribution < 1.29 is 13.2 Å². The van der Waals surface area contributed by atoms with Crippen LogP contribution in [0.1, 0.15) is 46.8 Å². The topological polar surface area (TPSA) is 57.7 Å². The average Bonchev–Trinajstić information content (AvgIpc) is 2.80. The van der Waals surface area contributed by atoms with Gasteiger partial charge >= 0.3 is 0 Å². The zero-order valence-corrected chi connectivity index (χ0v) is 20.6. The van der Waals surface area contributed by atoms with Gasteiger partial charge in [-0.3, -0.25) is 9.10 Å². The van der Waals surface area contributed by atoms with Gasteiger partial charge in [0.25, 0.3) is 5.91 Å². The van der Waals surface area contributed by atoms with Crippen LogP contribution in [0.25, 0.3) is 0 Å². The van der Waals surface area contributed by atoms with Gasteiger partial charge in [0.2, 0.25) is 10.0 Å². The van der Waals surface area contributed by atoms with E-state index < -0.39 is 10.0 Å². The number of benzene rings is 3. The van der Waals surface area contributed by atoms with Gasteiger partial charge in [0.1, 0.15) is 0 Å². The van der Waals surface area contributed by atoms with Crippen molar-refractivity contribution in [3.8, 4) is 0 Å². The number of unbranched alkanes of at least 4 members (excludes halogenated alkanes) is 1. The third-order valence-corrected chi connectivity index (χ3v) is 6.89. The minimum Gasteiger partial charge on any atom is -0.308 e. The molecule has 0 bridgehead atoms. The van der Waals surface area contributed by atoms with Crippen molar-refractivity contribution in [2.75, 3.05) is 22.0 Å². The first-order valence-corrected chi connectivity index (χ1v) is 13.1. The molecule has 0 aliphatic heterocycles. The van der Waals surface area contributed by atoms with Gasteiger partial charge in [-0.2, -0.15) is 0 Å². The Labute approximate surface area is 197 Å². The summed E-state index contributed by atoms with van der Waals surface area (Å²) >= 11 is 0. The van der Waals surface area contributed by atoms with Gasteiger partial charge in [0.05, 0.1) is 18.5 Å². The van der Waals surface area contributed by atoms with Gasteiger partial charge in [0.15, 0.2) is 0 Å². The van der Waals surface area contributed by atoms with Crippen molar-refractivity contribution in [1.29, 1.82) is 0 Å². The van der Waals surface area contributed by atoms with Crippen LogP contribution in [-0.2, 0) is 16.6 Å². The normalized spacial score (nSPS) is 11.3. The average molecular weight is 465 g/mol. The Hall–Kier alpha value is -3.12. The van der Waals surface area contributed by atoms with E-state index in [1.165, 1.54) is 10.6 Å². The van der Waals surface area contributed by atoms with Crippen molar-refractivity contribution in [3.05, 3.63) is 95.1 Å². The van der Waals surface area contributed by atoms with Crippen LogP contribution in [0.5, 0.6) is 0 Å². The number of nitrogens with zero attached hydrogens (tertiary/aromatic N) is 2. The molecule has 0 aliphatic carbocycles. The highest BCUT2D eigenvalue weighted by atomic mass is 32.2. The van der Waals surface area contributed by atoms with E-state index in [0.29, 0.717) is 17.8 Å². The maximum absolute atomic E-state index is 13.1. The maximum atomic E-state index is 13.1. The summed E-state index contributed by atoms with van der Waals surface area (Å²) in [5, 5.41) is 0. The third-order valence-electron chi connectivity index (χ3n) is 5.75. The second-order valence-electron chi connectivity index (χ2n) is 8.38. The fraction of sp³-hybridized carbons (Fsp3) is 0.296. The van der Waals surface area contributed by atoms with Gasteiger partial charge in [-0.25, -0.2) is 8.42 Å². The first kappa shape index (κ1) is 24.5. The standard InChI is InChI=1S/C27H32N2O3S/c1-5-6-18-28(27(30)24-10-8-7-9-11-24)25-16-13-23(14-17-25)20-29(33(4,31)32)26-15-12-21(2)22(3)19-26/h7-17,19H,5-6,18,20H2,1-4H3. The summed E-state index contributed by atoms with van der Waals surface area (Å²) in [6.07, 6.45) is 3.10. The maximum Gasteiger partial charge on any atom is 0.258 e. The highest BCUT2D eigenvalue weighted by molar-refractivity contribution is 7.92. The number of amides is 1. The molecule has 0 aromatic heterocycles. The predicted octanol–water partition coefficient (Wildman–Crippen LogP) is 5.72. The highest BCUT2D eigenvalue weighted by Crippen LogP contribution is 2.25. The van der Waals surface area contributed by atoms with Crippen molar-refractivity contribution in [1.82, 2.24) is 0 Å². The van der Waals surface area contributed by atoms with Crippen molar-refractivity contribution in [3.63, 3.8) is 0 Å². The highest BCUT2D eigenvalue weighted by Gasteiger charge is 2.20. The van der Waals surface area contributed by atoms with E-state index >= 15 is 0 Å². The van der Waals surface area contributed by atoms with E-state index in [1.54, 1.807) is 4.90 Å². The van der Waals surface area contributed by atoms with Crippen LogP contribution in [-0.4, -0.2) is 27.1 Å². The van der Waals surface area contributed by atoms with Crippen LogP contribution < -0.4 is 9.21 Å². The van der Waals surface area contributed by atoms with E-state index in [1.807, 2.05) is 86.6 Å². The molecule has 0 radical (unpaired) electrons. The lowest BCUT2D eigenvalue weighted by molar-refractivity contribution is 0.0986. The largest absolute Gasteiger partial charge is 0.308 e. The monoisotopic (exact) mass is 464 g/mol. The predicted molar refractivity (Wildman–Crippen MR) is 136 cm³/mol. The molecule has 0 fully saturated rings. The number of carbonyl (C=O) groups excluding carboxylic acids is 1. The van der Waals surface area contributed by atoms with E-state index in [0.717, 1.165) is 35.2 Å². The molecule has 3 rings (SSSR count). The molecule has 33 heavy (non-hydrogen) atoms. The van der Waals surface area contributed by atoms with E-state index in [2.05, 4.69) is 6.92 Å². The number of sulfonamides is 1. The quantitative estimate of drug-likeness (QED) is 0.407. The van der Waals surface area contributed by atoms with Gasteiger partial charge in [-0.1, -0.05) is 49.7 Å². The van der Waals surface area contributed by atoms with Crippen LogP contribution in [0.2, 0.25) is 0 Å². The lowest BCUT2D eigenvalue weighted by Crippen LogP contribution is -2.32. The molecule has 0 aliphatic rings. The Morgan fingerprint density at radius 3 is 2.06 bits per heavy atom. The Morgan fingerprint density at radius 2 is 1.48 bits per heavy atom. The molecule has 1 amide bonds. The summed E-state index contributed by atoms with van der Waals surface area (Å²) in [6.45, 7) is 6.93. The molecule has 0 saturated heterocycles. The zero-order valence-electron chi connectivity index (χ0n) is 19.8. The lowest BCUT2D eigenvalue weighted by atomic mass is 10.1. The number of aryl methyl sites for hydroxylation is 2. The molecule has 0 spiro atoms. The molecule has 5 nitrogen and oxygen atoms in total. The molecule has 3 aromatic rings. The van der Waals surface area contributed by atoms with Gasteiger partial charge in [-0.05, 0) is 73.4 Å². The van der Waals surface area contributed by atoms with Gasteiger partial charge in [0, 0.05) is 17.8 Å².